The lowest BCUT2D eigenvalue weighted by molar-refractivity contribution is 0.579. The van der Waals surface area contributed by atoms with Crippen LogP contribution < -0.4 is 0 Å². The fourth-order valence-electron chi connectivity index (χ4n) is 2.10. The molecule has 0 spiro atoms. The van der Waals surface area contributed by atoms with E-state index >= 15 is 0 Å². The van der Waals surface area contributed by atoms with Crippen LogP contribution in [0.15, 0.2) is 53.1 Å². The van der Waals surface area contributed by atoms with Crippen LogP contribution in [0.1, 0.15) is 0 Å². The fourth-order valence-corrected chi connectivity index (χ4v) is 2.10. The second-order valence-corrected chi connectivity index (χ2v) is 3.94. The standard InChI is InChI=1S/C13H9N3O/c1-2-5-11-9(4-1)14-13-8-10(15-16(11)13)12-6-3-7-17-12/h1-8,15H. The van der Waals surface area contributed by atoms with Crippen LogP contribution in [0.3, 0.4) is 0 Å². The van der Waals surface area contributed by atoms with Gasteiger partial charge in [0.1, 0.15) is 5.69 Å². The number of imidazole rings is 1. The summed E-state index contributed by atoms with van der Waals surface area (Å²) in [6.45, 7) is 0. The van der Waals surface area contributed by atoms with Gasteiger partial charge in [0.15, 0.2) is 11.4 Å². The zero-order valence-corrected chi connectivity index (χ0v) is 8.92. The molecule has 0 unspecified atom stereocenters. The van der Waals surface area contributed by atoms with E-state index in [9.17, 15) is 0 Å². The highest BCUT2D eigenvalue weighted by molar-refractivity contribution is 5.81. The molecule has 0 saturated carbocycles. The maximum absolute atomic E-state index is 5.36. The van der Waals surface area contributed by atoms with E-state index in [1.807, 2.05) is 47.0 Å². The summed E-state index contributed by atoms with van der Waals surface area (Å²) in [5.41, 5.74) is 3.89. The van der Waals surface area contributed by atoms with E-state index in [4.69, 9.17) is 4.42 Å². The number of nitrogens with zero attached hydrogens (tertiary/aromatic N) is 2. The van der Waals surface area contributed by atoms with Crippen LogP contribution in [0.25, 0.3) is 28.1 Å². The summed E-state index contributed by atoms with van der Waals surface area (Å²) < 4.78 is 7.32. The van der Waals surface area contributed by atoms with Gasteiger partial charge in [-0.05, 0) is 24.3 Å². The maximum Gasteiger partial charge on any atom is 0.154 e. The second kappa shape index (κ2) is 3.01. The first-order valence-electron chi connectivity index (χ1n) is 5.42. The van der Waals surface area contributed by atoms with Gasteiger partial charge >= 0.3 is 0 Å². The van der Waals surface area contributed by atoms with E-state index in [0.717, 1.165) is 28.1 Å². The number of para-hydroxylation sites is 2. The molecular formula is C13H9N3O. The van der Waals surface area contributed by atoms with E-state index in [-0.39, 0.29) is 0 Å². The highest BCUT2D eigenvalue weighted by Crippen LogP contribution is 2.23. The van der Waals surface area contributed by atoms with Crippen LogP contribution >= 0.6 is 0 Å². The molecule has 0 bridgehead atoms. The van der Waals surface area contributed by atoms with E-state index in [0.29, 0.717) is 0 Å². The highest BCUT2D eigenvalue weighted by atomic mass is 16.3. The first-order chi connectivity index (χ1) is 8.42. The van der Waals surface area contributed by atoms with Crippen LogP contribution in [0.4, 0.5) is 0 Å². The lowest BCUT2D eigenvalue weighted by Crippen LogP contribution is -1.83. The number of H-pyrrole nitrogens is 1. The van der Waals surface area contributed by atoms with E-state index < -0.39 is 0 Å². The Balaban J connectivity index is 2.05. The lowest BCUT2D eigenvalue weighted by atomic mass is 10.3. The smallest absolute Gasteiger partial charge is 0.154 e. The minimum Gasteiger partial charge on any atom is -0.463 e. The molecule has 0 amide bonds. The molecule has 4 heteroatoms. The normalized spacial score (nSPS) is 11.5. The van der Waals surface area contributed by atoms with Crippen LogP contribution in [0.5, 0.6) is 0 Å². The molecule has 0 aliphatic carbocycles. The summed E-state index contributed by atoms with van der Waals surface area (Å²) in [5, 5.41) is 3.28. The van der Waals surface area contributed by atoms with Crippen molar-refractivity contribution in [3.05, 3.63) is 48.7 Å². The van der Waals surface area contributed by atoms with Crippen molar-refractivity contribution in [2.75, 3.05) is 0 Å². The number of rotatable bonds is 1. The number of aromatic amines is 1. The molecule has 1 aromatic carbocycles. The van der Waals surface area contributed by atoms with Gasteiger partial charge in [0.25, 0.3) is 0 Å². The molecule has 4 nitrogen and oxygen atoms in total. The predicted molar refractivity (Wildman–Crippen MR) is 64.8 cm³/mol. The highest BCUT2D eigenvalue weighted by Gasteiger charge is 2.09. The average molecular weight is 223 g/mol. The summed E-state index contributed by atoms with van der Waals surface area (Å²) in [6, 6.07) is 13.8. The number of nitrogens with one attached hydrogen (secondary N) is 1. The SMILES string of the molecule is c1coc(-c2cc3nc4ccccc4n3[nH]2)c1. The van der Waals surface area contributed by atoms with Gasteiger partial charge in [-0.3, -0.25) is 5.10 Å². The topological polar surface area (TPSA) is 46.2 Å². The maximum atomic E-state index is 5.36. The molecule has 0 aliphatic rings. The average Bonchev–Trinajstić information content (AvgIpc) is 3.03. The Hall–Kier alpha value is -2.49. The van der Waals surface area contributed by atoms with Crippen molar-refractivity contribution in [3.8, 4) is 11.5 Å². The minimum absolute atomic E-state index is 0.819. The zero-order valence-electron chi connectivity index (χ0n) is 8.92. The summed E-state index contributed by atoms with van der Waals surface area (Å²) in [6.07, 6.45) is 1.66. The van der Waals surface area contributed by atoms with Crippen LogP contribution in [0.2, 0.25) is 0 Å². The van der Waals surface area contributed by atoms with Crippen molar-refractivity contribution in [3.63, 3.8) is 0 Å². The van der Waals surface area contributed by atoms with Crippen molar-refractivity contribution in [1.29, 1.82) is 0 Å². The minimum atomic E-state index is 0.819. The van der Waals surface area contributed by atoms with Crippen LogP contribution in [-0.2, 0) is 0 Å². The van der Waals surface area contributed by atoms with Crippen molar-refractivity contribution in [2.45, 2.75) is 0 Å². The summed E-state index contributed by atoms with van der Waals surface area (Å²) in [5.74, 6) is 0.819. The molecular weight excluding hydrogens is 214 g/mol. The molecule has 1 N–H and O–H groups in total. The molecule has 3 heterocycles. The van der Waals surface area contributed by atoms with Crippen LogP contribution in [-0.4, -0.2) is 14.6 Å². The van der Waals surface area contributed by atoms with Gasteiger partial charge in [0.05, 0.1) is 17.3 Å². The third-order valence-electron chi connectivity index (χ3n) is 2.88. The van der Waals surface area contributed by atoms with E-state index in [2.05, 4.69) is 10.1 Å². The van der Waals surface area contributed by atoms with Crippen LogP contribution in [0, 0.1) is 0 Å². The van der Waals surface area contributed by atoms with E-state index in [1.54, 1.807) is 6.26 Å². The number of fused-ring (bicyclic) bond motifs is 3. The monoisotopic (exact) mass is 223 g/mol. The zero-order chi connectivity index (χ0) is 11.2. The van der Waals surface area contributed by atoms with Crippen molar-refractivity contribution in [2.24, 2.45) is 0 Å². The fraction of sp³-hybridized carbons (Fsp3) is 0. The lowest BCUT2D eigenvalue weighted by Gasteiger charge is -1.91. The molecule has 0 aliphatic heterocycles. The first kappa shape index (κ1) is 8.64. The van der Waals surface area contributed by atoms with Gasteiger partial charge in [-0.2, -0.15) is 0 Å². The van der Waals surface area contributed by atoms with Crippen molar-refractivity contribution in [1.82, 2.24) is 14.6 Å². The number of hydrogen-bond acceptors (Lipinski definition) is 2. The second-order valence-electron chi connectivity index (χ2n) is 3.94. The van der Waals surface area contributed by atoms with Gasteiger partial charge in [0.2, 0.25) is 0 Å². The Bertz CT molecular complexity index is 793. The number of furan rings is 1. The van der Waals surface area contributed by atoms with E-state index in [1.165, 1.54) is 0 Å². The molecule has 4 aromatic rings. The first-order valence-corrected chi connectivity index (χ1v) is 5.42. The van der Waals surface area contributed by atoms with Gasteiger partial charge in [0, 0.05) is 6.07 Å². The van der Waals surface area contributed by atoms with Crippen molar-refractivity contribution < 1.29 is 4.42 Å². The Morgan fingerprint density at radius 3 is 2.94 bits per heavy atom. The molecule has 0 fully saturated rings. The van der Waals surface area contributed by atoms with Gasteiger partial charge < -0.3 is 4.42 Å². The molecule has 82 valence electrons. The third kappa shape index (κ3) is 1.15. The summed E-state index contributed by atoms with van der Waals surface area (Å²) >= 11 is 0. The molecule has 0 atom stereocenters. The quantitative estimate of drug-likeness (QED) is 0.539. The third-order valence-corrected chi connectivity index (χ3v) is 2.88. The number of hydrogen-bond donors (Lipinski definition) is 1. The Morgan fingerprint density at radius 2 is 2.06 bits per heavy atom. The molecule has 0 radical (unpaired) electrons. The molecule has 0 saturated heterocycles. The number of benzene rings is 1. The molecule has 4 rings (SSSR count). The largest absolute Gasteiger partial charge is 0.463 e. The van der Waals surface area contributed by atoms with Gasteiger partial charge in [-0.15, -0.1) is 0 Å². The van der Waals surface area contributed by atoms with Crippen molar-refractivity contribution >= 4 is 16.7 Å². The molecule has 17 heavy (non-hydrogen) atoms. The Labute approximate surface area is 96.5 Å². The van der Waals surface area contributed by atoms with Gasteiger partial charge in [-0.1, -0.05) is 12.1 Å². The Morgan fingerprint density at radius 1 is 1.12 bits per heavy atom. The summed E-state index contributed by atoms with van der Waals surface area (Å²) in [7, 11) is 0. The molecule has 3 aromatic heterocycles. The summed E-state index contributed by atoms with van der Waals surface area (Å²) in [4.78, 5) is 4.54. The van der Waals surface area contributed by atoms with Gasteiger partial charge in [-0.25, -0.2) is 9.50 Å². The number of aromatic nitrogens is 3. The Kier molecular flexibility index (Phi) is 1.53. The predicted octanol–water partition coefficient (Wildman–Crippen LogP) is 3.08.